The van der Waals surface area contributed by atoms with Crippen LogP contribution < -0.4 is 10.6 Å². The van der Waals surface area contributed by atoms with Crippen molar-refractivity contribution in [2.45, 2.75) is 43.6 Å². The Kier molecular flexibility index (Phi) is 8.03. The molecule has 166 valence electrons. The van der Waals surface area contributed by atoms with Crippen molar-refractivity contribution in [2.24, 2.45) is 5.73 Å². The summed E-state index contributed by atoms with van der Waals surface area (Å²) in [6.45, 7) is 4.42. The van der Waals surface area contributed by atoms with E-state index in [1.165, 1.54) is 23.1 Å². The number of aryl methyl sites for hydroxylation is 1. The second-order valence-electron chi connectivity index (χ2n) is 7.15. The van der Waals surface area contributed by atoms with Gasteiger partial charge in [0.25, 0.3) is 0 Å². The second-order valence-corrected chi connectivity index (χ2v) is 9.40. The highest BCUT2D eigenvalue weighted by Gasteiger charge is 2.26. The van der Waals surface area contributed by atoms with Crippen LogP contribution in [0.25, 0.3) is 10.7 Å². The Morgan fingerprint density at radius 2 is 2.03 bits per heavy atom. The van der Waals surface area contributed by atoms with E-state index in [9.17, 15) is 9.59 Å². The molecule has 1 aromatic carbocycles. The summed E-state index contributed by atoms with van der Waals surface area (Å²) < 4.78 is 1.83. The minimum atomic E-state index is -0.484. The van der Waals surface area contributed by atoms with Gasteiger partial charge >= 0.3 is 0 Å². The van der Waals surface area contributed by atoms with Crippen molar-refractivity contribution in [3.8, 4) is 16.8 Å². The largest absolute Gasteiger partial charge is 0.370 e. The molecular weight excluding hydrogens is 444 g/mol. The monoisotopic (exact) mass is 468 g/mol. The molecule has 0 aliphatic heterocycles. The van der Waals surface area contributed by atoms with Gasteiger partial charge in [-0.2, -0.15) is 5.26 Å². The van der Waals surface area contributed by atoms with Crippen molar-refractivity contribution in [3.05, 3.63) is 47.3 Å². The van der Waals surface area contributed by atoms with E-state index in [1.807, 2.05) is 53.3 Å². The summed E-state index contributed by atoms with van der Waals surface area (Å²) in [7, 11) is 0. The quantitative estimate of drug-likeness (QED) is 0.454. The van der Waals surface area contributed by atoms with Gasteiger partial charge in [-0.05, 0) is 37.4 Å². The summed E-state index contributed by atoms with van der Waals surface area (Å²) >= 11 is 2.80. The molecule has 32 heavy (non-hydrogen) atoms. The topological polar surface area (TPSA) is 118 Å². The number of amides is 2. The number of nitrogens with zero attached hydrogens (tertiary/aromatic N) is 5. The number of primary amides is 1. The van der Waals surface area contributed by atoms with Gasteiger partial charge in [0.15, 0.2) is 11.0 Å². The van der Waals surface area contributed by atoms with E-state index in [0.29, 0.717) is 24.1 Å². The molecule has 0 spiro atoms. The van der Waals surface area contributed by atoms with Crippen LogP contribution in [0.15, 0.2) is 46.9 Å². The number of benzene rings is 1. The molecule has 0 fully saturated rings. The summed E-state index contributed by atoms with van der Waals surface area (Å²) in [4.78, 5) is 27.2. The van der Waals surface area contributed by atoms with Gasteiger partial charge in [-0.1, -0.05) is 35.5 Å². The molecule has 3 aromatic rings. The van der Waals surface area contributed by atoms with Crippen LogP contribution in [-0.4, -0.2) is 38.4 Å². The molecule has 0 bridgehead atoms. The smallest absolute Gasteiger partial charge is 0.240 e. The lowest BCUT2D eigenvalue weighted by Crippen LogP contribution is -2.37. The molecule has 0 radical (unpaired) electrons. The maximum absolute atomic E-state index is 13.3. The predicted octanol–water partition coefficient (Wildman–Crippen LogP) is 3.62. The number of nitriles is 1. The zero-order valence-corrected chi connectivity index (χ0v) is 19.5. The maximum atomic E-state index is 13.3. The van der Waals surface area contributed by atoms with Crippen LogP contribution in [0.5, 0.6) is 0 Å². The van der Waals surface area contributed by atoms with E-state index < -0.39 is 11.2 Å². The number of carbonyl (C=O) groups is 2. The Morgan fingerprint density at radius 3 is 2.66 bits per heavy atom. The van der Waals surface area contributed by atoms with E-state index >= 15 is 0 Å². The van der Waals surface area contributed by atoms with Gasteiger partial charge in [-0.25, -0.2) is 0 Å². The minimum Gasteiger partial charge on any atom is -0.370 e. The highest BCUT2D eigenvalue weighted by atomic mass is 32.2. The molecule has 0 saturated carbocycles. The highest BCUT2D eigenvalue weighted by Crippen LogP contribution is 2.30. The van der Waals surface area contributed by atoms with E-state index in [1.54, 1.807) is 11.8 Å². The van der Waals surface area contributed by atoms with Gasteiger partial charge in [-0.3, -0.25) is 9.59 Å². The van der Waals surface area contributed by atoms with Crippen molar-refractivity contribution in [2.75, 3.05) is 11.4 Å². The fourth-order valence-corrected chi connectivity index (χ4v) is 4.72. The second kappa shape index (κ2) is 10.9. The summed E-state index contributed by atoms with van der Waals surface area (Å²) in [6, 6.07) is 13.6. The third-order valence-corrected chi connectivity index (χ3v) is 6.66. The molecule has 1 unspecified atom stereocenters. The number of hydrogen-bond acceptors (Lipinski definition) is 7. The first kappa shape index (κ1) is 23.5. The predicted molar refractivity (Wildman–Crippen MR) is 126 cm³/mol. The first-order chi connectivity index (χ1) is 15.4. The van der Waals surface area contributed by atoms with Gasteiger partial charge < -0.3 is 15.2 Å². The van der Waals surface area contributed by atoms with Crippen molar-refractivity contribution >= 4 is 40.6 Å². The van der Waals surface area contributed by atoms with Crippen LogP contribution in [-0.2, 0) is 16.1 Å². The number of anilines is 1. The van der Waals surface area contributed by atoms with Crippen LogP contribution in [0.1, 0.15) is 25.3 Å². The van der Waals surface area contributed by atoms with E-state index in [2.05, 4.69) is 16.3 Å². The number of hydrogen-bond donors (Lipinski definition) is 1. The molecule has 10 heteroatoms. The van der Waals surface area contributed by atoms with Crippen LogP contribution in [0.3, 0.4) is 0 Å². The molecule has 8 nitrogen and oxygen atoms in total. The maximum Gasteiger partial charge on any atom is 0.240 e. The molecule has 1 atom stereocenters. The van der Waals surface area contributed by atoms with Crippen molar-refractivity contribution < 1.29 is 9.59 Å². The molecule has 0 aliphatic rings. The Morgan fingerprint density at radius 1 is 1.28 bits per heavy atom. The molecule has 2 amide bonds. The van der Waals surface area contributed by atoms with E-state index in [4.69, 9.17) is 11.0 Å². The number of nitrogens with two attached hydrogens (primary N) is 1. The van der Waals surface area contributed by atoms with E-state index in [0.717, 1.165) is 16.1 Å². The lowest BCUT2D eigenvalue weighted by molar-refractivity contribution is -0.118. The molecule has 3 rings (SSSR count). The van der Waals surface area contributed by atoms with E-state index in [-0.39, 0.29) is 18.7 Å². The molecular formula is C22H24N6O2S2. The van der Waals surface area contributed by atoms with Gasteiger partial charge in [0.1, 0.15) is 0 Å². The van der Waals surface area contributed by atoms with Crippen LogP contribution in [0, 0.1) is 18.3 Å². The minimum absolute atomic E-state index is 0.128. The first-order valence-corrected chi connectivity index (χ1v) is 11.8. The average molecular weight is 469 g/mol. The lowest BCUT2D eigenvalue weighted by atomic mass is 10.2. The summed E-state index contributed by atoms with van der Waals surface area (Å²) in [5.74, 6) is 0.0949. The summed E-state index contributed by atoms with van der Waals surface area (Å²) in [5, 5.41) is 19.6. The lowest BCUT2D eigenvalue weighted by Gasteiger charge is -2.25. The fraction of sp³-hybridized carbons (Fsp3) is 0.318. The third-order valence-electron chi connectivity index (χ3n) is 4.73. The van der Waals surface area contributed by atoms with Crippen LogP contribution in [0.4, 0.5) is 5.69 Å². The molecule has 2 aromatic heterocycles. The van der Waals surface area contributed by atoms with Crippen LogP contribution in [0.2, 0.25) is 0 Å². The Bertz CT molecular complexity index is 1100. The Balaban J connectivity index is 1.84. The normalized spacial score (nSPS) is 11.7. The van der Waals surface area contributed by atoms with Gasteiger partial charge in [0.05, 0.1) is 22.6 Å². The average Bonchev–Trinajstić information content (AvgIpc) is 3.43. The third kappa shape index (κ3) is 5.75. The number of thiophene rings is 1. The molecule has 2 heterocycles. The van der Waals surface area contributed by atoms with Gasteiger partial charge in [-0.15, -0.1) is 21.5 Å². The van der Waals surface area contributed by atoms with Crippen molar-refractivity contribution in [1.29, 1.82) is 5.26 Å². The highest BCUT2D eigenvalue weighted by molar-refractivity contribution is 8.00. The summed E-state index contributed by atoms with van der Waals surface area (Å²) in [5.41, 5.74) is 7.19. The number of aromatic nitrogens is 3. The fourth-order valence-electron chi connectivity index (χ4n) is 3.07. The summed E-state index contributed by atoms with van der Waals surface area (Å²) in [6.07, 6.45) is 0.373. The van der Waals surface area contributed by atoms with Crippen molar-refractivity contribution in [3.63, 3.8) is 0 Å². The molecule has 0 saturated heterocycles. The zero-order valence-electron chi connectivity index (χ0n) is 17.9. The standard InChI is InChI=1S/C22H24N6O2S2/c1-15-6-8-17(9-7-15)27(12-4-11-23)21(30)16(2)32-22-26-25-20(18-5-3-14-31-18)28(22)13-10-19(24)29/h3,5-9,14,16H,4,10,12-13H2,1-2H3,(H2,24,29). The van der Waals surface area contributed by atoms with Crippen LogP contribution >= 0.6 is 23.1 Å². The molecule has 2 N–H and O–H groups in total. The van der Waals surface area contributed by atoms with Crippen molar-refractivity contribution in [1.82, 2.24) is 14.8 Å². The number of rotatable bonds is 10. The Hall–Kier alpha value is -3.16. The molecule has 0 aliphatic carbocycles. The first-order valence-electron chi connectivity index (χ1n) is 10.1. The van der Waals surface area contributed by atoms with Gasteiger partial charge in [0, 0.05) is 25.2 Å². The Labute approximate surface area is 195 Å². The van der Waals surface area contributed by atoms with Gasteiger partial charge in [0.2, 0.25) is 11.8 Å². The zero-order chi connectivity index (χ0) is 23.1. The SMILES string of the molecule is Cc1ccc(N(CCC#N)C(=O)C(C)Sc2nnc(-c3cccs3)n2CCC(N)=O)cc1. The number of carbonyl (C=O) groups excluding carboxylic acids is 2. The number of thioether (sulfide) groups is 1.